The number of nitrogens with one attached hydrogen (secondary N) is 1. The Morgan fingerprint density at radius 2 is 2.11 bits per heavy atom. The second-order valence-corrected chi connectivity index (χ2v) is 8.61. The van der Waals surface area contributed by atoms with E-state index in [1.807, 2.05) is 13.8 Å². The molecule has 110 valence electrons. The van der Waals surface area contributed by atoms with Gasteiger partial charge in [0.25, 0.3) is 10.0 Å². The predicted molar refractivity (Wildman–Crippen MR) is 77.3 cm³/mol. The SMILES string of the molecule is COCCC(C)(C)CNS(=O)(=O)c1sc(Cl)nc1C. The van der Waals surface area contributed by atoms with Crippen LogP contribution in [-0.2, 0) is 14.8 Å². The maximum Gasteiger partial charge on any atom is 0.252 e. The maximum atomic E-state index is 12.2. The Bertz CT molecular complexity index is 526. The van der Waals surface area contributed by atoms with Gasteiger partial charge < -0.3 is 4.74 Å². The predicted octanol–water partition coefficient (Wildman–Crippen LogP) is 2.45. The van der Waals surface area contributed by atoms with Gasteiger partial charge in [0, 0.05) is 20.3 Å². The molecule has 1 N–H and O–H groups in total. The molecular weight excluding hydrogens is 308 g/mol. The number of hydrogen-bond donors (Lipinski definition) is 1. The van der Waals surface area contributed by atoms with Crippen LogP contribution < -0.4 is 4.72 Å². The Balaban J connectivity index is 2.73. The molecule has 0 unspecified atom stereocenters. The molecule has 0 saturated heterocycles. The second kappa shape index (κ2) is 6.49. The Morgan fingerprint density at radius 1 is 1.47 bits per heavy atom. The Kier molecular flexibility index (Phi) is 5.76. The van der Waals surface area contributed by atoms with Crippen LogP contribution in [0.3, 0.4) is 0 Å². The van der Waals surface area contributed by atoms with E-state index in [4.69, 9.17) is 16.3 Å². The van der Waals surface area contributed by atoms with Gasteiger partial charge in [0.05, 0.1) is 5.69 Å². The number of thiazole rings is 1. The molecule has 1 heterocycles. The molecule has 0 bridgehead atoms. The highest BCUT2D eigenvalue weighted by Gasteiger charge is 2.25. The van der Waals surface area contributed by atoms with E-state index < -0.39 is 10.0 Å². The molecule has 5 nitrogen and oxygen atoms in total. The molecule has 0 amide bonds. The van der Waals surface area contributed by atoms with Gasteiger partial charge in [-0.15, -0.1) is 0 Å². The lowest BCUT2D eigenvalue weighted by Crippen LogP contribution is -2.34. The summed E-state index contributed by atoms with van der Waals surface area (Å²) in [6.45, 7) is 6.54. The molecule has 0 aliphatic carbocycles. The average Bonchev–Trinajstić information content (AvgIpc) is 2.65. The van der Waals surface area contributed by atoms with E-state index in [0.717, 1.165) is 17.8 Å². The largest absolute Gasteiger partial charge is 0.385 e. The standard InChI is InChI=1S/C11H19ClN2O3S2/c1-8-9(18-10(12)14-8)19(15,16)13-7-11(2,3)5-6-17-4/h13H,5-7H2,1-4H3. The van der Waals surface area contributed by atoms with E-state index >= 15 is 0 Å². The molecule has 0 saturated carbocycles. The van der Waals surface area contributed by atoms with Crippen LogP contribution in [0, 0.1) is 12.3 Å². The zero-order chi connectivity index (χ0) is 14.7. The van der Waals surface area contributed by atoms with Gasteiger partial charge in [-0.1, -0.05) is 36.8 Å². The first kappa shape index (κ1) is 16.8. The number of aromatic nitrogens is 1. The normalized spacial score (nSPS) is 12.9. The fraction of sp³-hybridized carbons (Fsp3) is 0.727. The minimum absolute atomic E-state index is 0.175. The van der Waals surface area contributed by atoms with Gasteiger partial charge in [0.1, 0.15) is 0 Å². The highest BCUT2D eigenvalue weighted by molar-refractivity contribution is 7.91. The fourth-order valence-electron chi connectivity index (χ4n) is 1.42. The molecule has 0 atom stereocenters. The van der Waals surface area contributed by atoms with E-state index in [0.29, 0.717) is 18.8 Å². The number of hydrogen-bond acceptors (Lipinski definition) is 5. The summed E-state index contributed by atoms with van der Waals surface area (Å²) in [5, 5.41) is 0. The summed E-state index contributed by atoms with van der Waals surface area (Å²) in [7, 11) is -1.92. The molecule has 0 aromatic carbocycles. The molecule has 1 aromatic rings. The van der Waals surface area contributed by atoms with Crippen molar-refractivity contribution < 1.29 is 13.2 Å². The summed E-state index contributed by atoms with van der Waals surface area (Å²) >= 11 is 6.70. The van der Waals surface area contributed by atoms with E-state index in [1.54, 1.807) is 14.0 Å². The van der Waals surface area contributed by atoms with Crippen LogP contribution >= 0.6 is 22.9 Å². The Labute approximate surface area is 123 Å². The molecule has 0 spiro atoms. The summed E-state index contributed by atoms with van der Waals surface area (Å²) in [6, 6.07) is 0. The molecule has 8 heteroatoms. The van der Waals surface area contributed by atoms with Gasteiger partial charge in [-0.25, -0.2) is 18.1 Å². The number of sulfonamides is 1. The fourth-order valence-corrected chi connectivity index (χ4v) is 4.45. The van der Waals surface area contributed by atoms with Crippen LogP contribution in [0.4, 0.5) is 0 Å². The smallest absolute Gasteiger partial charge is 0.252 e. The first-order valence-corrected chi connectivity index (χ1v) is 8.47. The summed E-state index contributed by atoms with van der Waals surface area (Å²) in [6.07, 6.45) is 0.772. The van der Waals surface area contributed by atoms with Crippen molar-refractivity contribution >= 4 is 33.0 Å². The molecule has 0 fully saturated rings. The van der Waals surface area contributed by atoms with Crippen LogP contribution in [0.2, 0.25) is 4.47 Å². The molecular formula is C11H19ClN2O3S2. The van der Waals surface area contributed by atoms with Crippen LogP contribution in [0.15, 0.2) is 4.21 Å². The Morgan fingerprint density at radius 3 is 2.58 bits per heavy atom. The van der Waals surface area contributed by atoms with Crippen molar-refractivity contribution in [2.45, 2.75) is 31.4 Å². The van der Waals surface area contributed by atoms with Gasteiger partial charge in [-0.05, 0) is 18.8 Å². The third kappa shape index (κ3) is 5.00. The monoisotopic (exact) mass is 326 g/mol. The molecule has 0 aliphatic heterocycles. The van der Waals surface area contributed by atoms with Crippen molar-refractivity contribution in [2.24, 2.45) is 5.41 Å². The summed E-state index contributed by atoms with van der Waals surface area (Å²) in [4.78, 5) is 3.92. The lowest BCUT2D eigenvalue weighted by atomic mass is 9.90. The lowest BCUT2D eigenvalue weighted by molar-refractivity contribution is 0.153. The lowest BCUT2D eigenvalue weighted by Gasteiger charge is -2.24. The quantitative estimate of drug-likeness (QED) is 0.835. The topological polar surface area (TPSA) is 68.3 Å². The van der Waals surface area contributed by atoms with E-state index in [1.165, 1.54) is 0 Å². The van der Waals surface area contributed by atoms with Crippen molar-refractivity contribution in [3.63, 3.8) is 0 Å². The molecule has 1 aromatic heterocycles. The minimum atomic E-state index is -3.55. The van der Waals surface area contributed by atoms with Crippen LogP contribution in [0.1, 0.15) is 26.0 Å². The van der Waals surface area contributed by atoms with Gasteiger partial charge in [0.2, 0.25) is 0 Å². The van der Waals surface area contributed by atoms with E-state index in [2.05, 4.69) is 9.71 Å². The van der Waals surface area contributed by atoms with Crippen molar-refractivity contribution in [3.05, 3.63) is 10.2 Å². The highest BCUT2D eigenvalue weighted by Crippen LogP contribution is 2.27. The molecule has 0 radical (unpaired) electrons. The van der Waals surface area contributed by atoms with Crippen molar-refractivity contribution in [2.75, 3.05) is 20.3 Å². The maximum absolute atomic E-state index is 12.2. The summed E-state index contributed by atoms with van der Waals surface area (Å²) < 4.78 is 32.3. The van der Waals surface area contributed by atoms with Gasteiger partial charge in [0.15, 0.2) is 8.68 Å². The zero-order valence-electron chi connectivity index (χ0n) is 11.5. The summed E-state index contributed by atoms with van der Waals surface area (Å²) in [5.74, 6) is 0. The molecule has 0 aliphatic rings. The van der Waals surface area contributed by atoms with E-state index in [9.17, 15) is 8.42 Å². The number of methoxy groups -OCH3 is 1. The van der Waals surface area contributed by atoms with Gasteiger partial charge in [-0.3, -0.25) is 0 Å². The molecule has 19 heavy (non-hydrogen) atoms. The van der Waals surface area contributed by atoms with Crippen molar-refractivity contribution in [3.8, 4) is 0 Å². The average molecular weight is 327 g/mol. The van der Waals surface area contributed by atoms with Gasteiger partial charge in [-0.2, -0.15) is 0 Å². The number of ether oxygens (including phenoxy) is 1. The highest BCUT2D eigenvalue weighted by atomic mass is 35.5. The van der Waals surface area contributed by atoms with Gasteiger partial charge >= 0.3 is 0 Å². The number of halogens is 1. The zero-order valence-corrected chi connectivity index (χ0v) is 13.9. The summed E-state index contributed by atoms with van der Waals surface area (Å²) in [5.41, 5.74) is 0.253. The van der Waals surface area contributed by atoms with Crippen molar-refractivity contribution in [1.29, 1.82) is 0 Å². The van der Waals surface area contributed by atoms with Crippen molar-refractivity contribution in [1.82, 2.24) is 9.71 Å². The number of rotatable bonds is 7. The molecule has 1 rings (SSSR count). The Hall–Kier alpha value is -0.210. The third-order valence-corrected chi connectivity index (χ3v) is 5.97. The van der Waals surface area contributed by atoms with Crippen LogP contribution in [-0.4, -0.2) is 33.7 Å². The first-order valence-electron chi connectivity index (χ1n) is 5.79. The van der Waals surface area contributed by atoms with Crippen LogP contribution in [0.5, 0.6) is 0 Å². The van der Waals surface area contributed by atoms with Crippen LogP contribution in [0.25, 0.3) is 0 Å². The van der Waals surface area contributed by atoms with E-state index in [-0.39, 0.29) is 14.1 Å². The second-order valence-electron chi connectivity index (χ2n) is 5.07. The first-order chi connectivity index (χ1) is 8.68. The number of aryl methyl sites for hydroxylation is 1. The number of nitrogens with zero attached hydrogens (tertiary/aromatic N) is 1. The third-order valence-electron chi connectivity index (χ3n) is 2.70. The minimum Gasteiger partial charge on any atom is -0.385 e.